The van der Waals surface area contributed by atoms with Gasteiger partial charge in [-0.2, -0.15) is 0 Å². The lowest BCUT2D eigenvalue weighted by atomic mass is 9.78. The predicted molar refractivity (Wildman–Crippen MR) is 84.4 cm³/mol. The van der Waals surface area contributed by atoms with Gasteiger partial charge in [0.15, 0.2) is 0 Å². The summed E-state index contributed by atoms with van der Waals surface area (Å²) in [4.78, 5) is 5.21. The van der Waals surface area contributed by atoms with Gasteiger partial charge in [0.1, 0.15) is 0 Å². The van der Waals surface area contributed by atoms with Crippen molar-refractivity contribution < 1.29 is 5.11 Å². The zero-order valence-electron chi connectivity index (χ0n) is 12.9. The molecule has 0 saturated carbocycles. The molecular weight excluding hydrogens is 260 g/mol. The molecule has 21 heavy (non-hydrogen) atoms. The first-order valence-electron chi connectivity index (χ1n) is 8.49. The molecule has 1 N–H and O–H groups in total. The van der Waals surface area contributed by atoms with E-state index in [0.717, 1.165) is 31.1 Å². The summed E-state index contributed by atoms with van der Waals surface area (Å²) in [6.45, 7) is 7.04. The molecule has 3 heteroatoms. The normalized spacial score (nSPS) is 37.2. The lowest BCUT2D eigenvalue weighted by Crippen LogP contribution is -2.55. The van der Waals surface area contributed by atoms with Crippen LogP contribution in [0.5, 0.6) is 0 Å². The van der Waals surface area contributed by atoms with Crippen molar-refractivity contribution in [3.05, 3.63) is 35.4 Å². The highest BCUT2D eigenvalue weighted by Gasteiger charge is 2.39. The Hall–Kier alpha value is -0.900. The van der Waals surface area contributed by atoms with E-state index in [2.05, 4.69) is 41.0 Å². The largest absolute Gasteiger partial charge is 0.387 e. The first-order valence-corrected chi connectivity index (χ1v) is 8.49. The quantitative estimate of drug-likeness (QED) is 0.858. The van der Waals surface area contributed by atoms with Crippen LogP contribution < -0.4 is 0 Å². The van der Waals surface area contributed by atoms with Gasteiger partial charge in [0.25, 0.3) is 0 Å². The molecule has 4 unspecified atom stereocenters. The monoisotopic (exact) mass is 286 g/mol. The van der Waals surface area contributed by atoms with Crippen LogP contribution >= 0.6 is 0 Å². The van der Waals surface area contributed by atoms with Crippen LogP contribution in [-0.4, -0.2) is 53.2 Å². The number of hydrogen-bond acceptors (Lipinski definition) is 3. The summed E-state index contributed by atoms with van der Waals surface area (Å²) >= 11 is 0. The SMILES string of the molecule is CC1CC(N2CCN3CCCC3C2)C(O)c2ccccc21. The molecule has 3 nitrogen and oxygen atoms in total. The second-order valence-electron chi connectivity index (χ2n) is 7.10. The maximum Gasteiger partial charge on any atom is 0.0948 e. The molecule has 2 fully saturated rings. The summed E-state index contributed by atoms with van der Waals surface area (Å²) in [5.41, 5.74) is 2.51. The van der Waals surface area contributed by atoms with E-state index in [1.807, 2.05) is 0 Å². The Bertz CT molecular complexity index is 518. The molecule has 0 bridgehead atoms. The molecule has 0 aromatic heterocycles. The van der Waals surface area contributed by atoms with Gasteiger partial charge in [-0.15, -0.1) is 0 Å². The van der Waals surface area contributed by atoms with E-state index < -0.39 is 0 Å². The van der Waals surface area contributed by atoms with Crippen LogP contribution in [-0.2, 0) is 0 Å². The van der Waals surface area contributed by atoms with Crippen LogP contribution in [0.15, 0.2) is 24.3 Å². The van der Waals surface area contributed by atoms with E-state index in [4.69, 9.17) is 0 Å². The van der Waals surface area contributed by atoms with Crippen LogP contribution in [0.25, 0.3) is 0 Å². The van der Waals surface area contributed by atoms with Gasteiger partial charge in [0.2, 0.25) is 0 Å². The molecule has 2 heterocycles. The fourth-order valence-corrected chi connectivity index (χ4v) is 4.72. The number of piperazine rings is 1. The van der Waals surface area contributed by atoms with Crippen molar-refractivity contribution in [1.29, 1.82) is 0 Å². The minimum absolute atomic E-state index is 0.303. The summed E-state index contributed by atoms with van der Waals surface area (Å²) < 4.78 is 0. The number of benzene rings is 1. The van der Waals surface area contributed by atoms with Crippen molar-refractivity contribution in [1.82, 2.24) is 9.80 Å². The van der Waals surface area contributed by atoms with E-state index in [0.29, 0.717) is 12.0 Å². The maximum absolute atomic E-state index is 10.9. The smallest absolute Gasteiger partial charge is 0.0948 e. The van der Waals surface area contributed by atoms with Crippen LogP contribution in [0.2, 0.25) is 0 Å². The molecule has 0 amide bonds. The maximum atomic E-state index is 10.9. The molecule has 0 radical (unpaired) electrons. The lowest BCUT2D eigenvalue weighted by Gasteiger charge is -2.46. The second kappa shape index (κ2) is 5.38. The second-order valence-corrected chi connectivity index (χ2v) is 7.10. The molecule has 0 spiro atoms. The Morgan fingerprint density at radius 2 is 1.81 bits per heavy atom. The molecule has 3 aliphatic rings. The van der Waals surface area contributed by atoms with Gasteiger partial charge in [-0.05, 0) is 42.9 Å². The molecule has 1 aromatic carbocycles. The zero-order chi connectivity index (χ0) is 14.4. The van der Waals surface area contributed by atoms with Crippen molar-refractivity contribution >= 4 is 0 Å². The van der Waals surface area contributed by atoms with Crippen molar-refractivity contribution in [3.63, 3.8) is 0 Å². The number of fused-ring (bicyclic) bond motifs is 2. The van der Waals surface area contributed by atoms with Gasteiger partial charge < -0.3 is 5.11 Å². The fraction of sp³-hybridized carbons (Fsp3) is 0.667. The van der Waals surface area contributed by atoms with Crippen molar-refractivity contribution in [2.75, 3.05) is 26.2 Å². The van der Waals surface area contributed by atoms with Crippen molar-refractivity contribution in [2.24, 2.45) is 0 Å². The van der Waals surface area contributed by atoms with Gasteiger partial charge in [0.05, 0.1) is 6.10 Å². The Morgan fingerprint density at radius 3 is 2.67 bits per heavy atom. The van der Waals surface area contributed by atoms with Crippen LogP contribution in [0.4, 0.5) is 0 Å². The summed E-state index contributed by atoms with van der Waals surface area (Å²) in [7, 11) is 0. The highest BCUT2D eigenvalue weighted by Crippen LogP contribution is 2.40. The molecule has 2 aliphatic heterocycles. The lowest BCUT2D eigenvalue weighted by molar-refractivity contribution is -0.00629. The summed E-state index contributed by atoms with van der Waals surface area (Å²) in [6.07, 6.45) is 3.46. The molecule has 114 valence electrons. The number of aliphatic hydroxyl groups excluding tert-OH is 1. The third-order valence-corrected chi connectivity index (χ3v) is 5.89. The van der Waals surface area contributed by atoms with Gasteiger partial charge in [-0.1, -0.05) is 31.2 Å². The Kier molecular flexibility index (Phi) is 3.52. The molecule has 1 aromatic rings. The number of hydrogen-bond donors (Lipinski definition) is 1. The fourth-order valence-electron chi connectivity index (χ4n) is 4.72. The highest BCUT2D eigenvalue weighted by atomic mass is 16.3. The van der Waals surface area contributed by atoms with Crippen molar-refractivity contribution in [2.45, 2.75) is 50.3 Å². The van der Waals surface area contributed by atoms with E-state index >= 15 is 0 Å². The third kappa shape index (κ3) is 2.32. The Balaban J connectivity index is 1.56. The van der Waals surface area contributed by atoms with Crippen LogP contribution in [0, 0.1) is 0 Å². The summed E-state index contributed by atoms with van der Waals surface area (Å²) in [5.74, 6) is 0.552. The number of rotatable bonds is 1. The Labute approximate surface area is 127 Å². The highest BCUT2D eigenvalue weighted by molar-refractivity contribution is 5.35. The first kappa shape index (κ1) is 13.7. The molecular formula is C18H26N2O. The standard InChI is InChI=1S/C18H26N2O/c1-13-11-17(18(21)16-7-3-2-6-15(13)16)20-10-9-19-8-4-5-14(19)12-20/h2-3,6-7,13-14,17-18,21H,4-5,8-12H2,1H3. The third-order valence-electron chi connectivity index (χ3n) is 5.89. The zero-order valence-corrected chi connectivity index (χ0v) is 12.9. The van der Waals surface area contributed by atoms with E-state index in [-0.39, 0.29) is 6.10 Å². The molecule has 4 atom stereocenters. The minimum atomic E-state index is -0.314. The van der Waals surface area contributed by atoms with E-state index in [1.165, 1.54) is 31.5 Å². The predicted octanol–water partition coefficient (Wildman–Crippen LogP) is 2.38. The van der Waals surface area contributed by atoms with E-state index in [1.54, 1.807) is 0 Å². The molecule has 1 aliphatic carbocycles. The van der Waals surface area contributed by atoms with Gasteiger partial charge >= 0.3 is 0 Å². The number of aliphatic hydroxyl groups is 1. The summed E-state index contributed by atoms with van der Waals surface area (Å²) in [5, 5.41) is 10.9. The van der Waals surface area contributed by atoms with Crippen LogP contribution in [0.3, 0.4) is 0 Å². The van der Waals surface area contributed by atoms with E-state index in [9.17, 15) is 5.11 Å². The average molecular weight is 286 g/mol. The van der Waals surface area contributed by atoms with Gasteiger partial charge in [-0.3, -0.25) is 9.80 Å². The Morgan fingerprint density at radius 1 is 1.05 bits per heavy atom. The van der Waals surface area contributed by atoms with Crippen molar-refractivity contribution in [3.8, 4) is 0 Å². The average Bonchev–Trinajstić information content (AvgIpc) is 2.98. The van der Waals surface area contributed by atoms with Gasteiger partial charge in [-0.25, -0.2) is 0 Å². The topological polar surface area (TPSA) is 26.7 Å². The number of nitrogens with zero attached hydrogens (tertiary/aromatic N) is 2. The molecule has 2 saturated heterocycles. The first-order chi connectivity index (χ1) is 10.2. The van der Waals surface area contributed by atoms with Gasteiger partial charge in [0, 0.05) is 31.7 Å². The summed E-state index contributed by atoms with van der Waals surface area (Å²) in [6, 6.07) is 9.50. The van der Waals surface area contributed by atoms with Crippen LogP contribution in [0.1, 0.15) is 49.3 Å². The molecule has 4 rings (SSSR count). The minimum Gasteiger partial charge on any atom is -0.387 e.